The molecule has 3 heterocycles. The maximum Gasteiger partial charge on any atom is 0.231 e. The molecule has 8 heteroatoms. The highest BCUT2D eigenvalue weighted by atomic mass is 32.1. The fourth-order valence-corrected chi connectivity index (χ4v) is 4.54. The molecule has 0 bridgehead atoms. The van der Waals surface area contributed by atoms with Gasteiger partial charge >= 0.3 is 0 Å². The van der Waals surface area contributed by atoms with Crippen molar-refractivity contribution in [3.63, 3.8) is 0 Å². The quantitative estimate of drug-likeness (QED) is 0.703. The van der Waals surface area contributed by atoms with Crippen molar-refractivity contribution < 1.29 is 19.1 Å². The SMILES string of the molecule is COCCCN1C[C@H](C(=O)Nc2nc(-c3ccc4c(c3)C[C@H](C)O4)cs2)CC1=O. The molecule has 2 aliphatic heterocycles. The number of thiazole rings is 1. The Morgan fingerprint density at radius 2 is 2.28 bits per heavy atom. The van der Waals surface area contributed by atoms with E-state index >= 15 is 0 Å². The molecule has 1 saturated heterocycles. The fraction of sp³-hybridized carbons (Fsp3) is 0.476. The number of hydrogen-bond acceptors (Lipinski definition) is 6. The number of aromatic nitrogens is 1. The lowest BCUT2D eigenvalue weighted by Gasteiger charge is -2.15. The molecule has 4 rings (SSSR count). The van der Waals surface area contributed by atoms with Crippen molar-refractivity contribution in [1.29, 1.82) is 0 Å². The van der Waals surface area contributed by atoms with Crippen LogP contribution in [0.3, 0.4) is 0 Å². The van der Waals surface area contributed by atoms with Gasteiger partial charge < -0.3 is 19.7 Å². The van der Waals surface area contributed by atoms with Crippen molar-refractivity contribution in [2.45, 2.75) is 32.3 Å². The van der Waals surface area contributed by atoms with Crippen molar-refractivity contribution in [2.75, 3.05) is 32.1 Å². The molecule has 29 heavy (non-hydrogen) atoms. The van der Waals surface area contributed by atoms with Gasteiger partial charge in [0.05, 0.1) is 11.6 Å². The Hall–Kier alpha value is -2.45. The second kappa shape index (κ2) is 8.51. The zero-order valence-electron chi connectivity index (χ0n) is 16.6. The van der Waals surface area contributed by atoms with E-state index in [2.05, 4.69) is 23.3 Å². The minimum atomic E-state index is -0.337. The van der Waals surface area contributed by atoms with E-state index in [1.54, 1.807) is 12.0 Å². The standard InChI is InChI=1S/C21H25N3O4S/c1-13-8-15-9-14(4-5-18(15)28-13)17-12-29-21(22-17)23-20(26)16-10-19(25)24(11-16)6-3-7-27-2/h4-5,9,12-13,16H,3,6-8,10-11H2,1-2H3,(H,22,23,26)/t13-,16+/m0/s1. The van der Waals surface area contributed by atoms with E-state index in [-0.39, 0.29) is 30.3 Å². The Bertz CT molecular complexity index is 913. The molecule has 1 N–H and O–H groups in total. The van der Waals surface area contributed by atoms with Gasteiger partial charge in [0, 0.05) is 50.6 Å². The van der Waals surface area contributed by atoms with Crippen LogP contribution >= 0.6 is 11.3 Å². The summed E-state index contributed by atoms with van der Waals surface area (Å²) in [4.78, 5) is 31.0. The number of hydrogen-bond donors (Lipinski definition) is 1. The number of likely N-dealkylation sites (tertiary alicyclic amines) is 1. The van der Waals surface area contributed by atoms with Gasteiger partial charge in [-0.3, -0.25) is 9.59 Å². The number of benzene rings is 1. The van der Waals surface area contributed by atoms with Gasteiger partial charge in [0.2, 0.25) is 11.8 Å². The first-order chi connectivity index (χ1) is 14.0. The molecule has 1 aromatic carbocycles. The normalized spacial score (nSPS) is 20.6. The summed E-state index contributed by atoms with van der Waals surface area (Å²) in [5.41, 5.74) is 3.03. The summed E-state index contributed by atoms with van der Waals surface area (Å²) in [5, 5.41) is 5.38. The maximum atomic E-state index is 12.6. The van der Waals surface area contributed by atoms with E-state index in [1.807, 2.05) is 17.5 Å². The van der Waals surface area contributed by atoms with E-state index < -0.39 is 0 Å². The number of nitrogens with zero attached hydrogens (tertiary/aromatic N) is 2. The molecule has 2 aromatic rings. The number of methoxy groups -OCH3 is 1. The number of nitrogens with one attached hydrogen (secondary N) is 1. The van der Waals surface area contributed by atoms with Gasteiger partial charge in [0.25, 0.3) is 0 Å². The molecule has 1 fully saturated rings. The lowest BCUT2D eigenvalue weighted by molar-refractivity contribution is -0.128. The van der Waals surface area contributed by atoms with Crippen molar-refractivity contribution in [1.82, 2.24) is 9.88 Å². The highest BCUT2D eigenvalue weighted by Gasteiger charge is 2.34. The number of ether oxygens (including phenoxy) is 2. The van der Waals surface area contributed by atoms with Crippen molar-refractivity contribution in [3.8, 4) is 17.0 Å². The van der Waals surface area contributed by atoms with Crippen LogP contribution in [-0.2, 0) is 20.7 Å². The molecule has 1 aromatic heterocycles. The topological polar surface area (TPSA) is 80.8 Å². The molecular weight excluding hydrogens is 390 g/mol. The Balaban J connectivity index is 1.36. The van der Waals surface area contributed by atoms with E-state index in [4.69, 9.17) is 9.47 Å². The molecule has 7 nitrogen and oxygen atoms in total. The van der Waals surface area contributed by atoms with E-state index in [0.717, 1.165) is 29.8 Å². The molecule has 2 atom stereocenters. The van der Waals surface area contributed by atoms with Gasteiger partial charge in [-0.2, -0.15) is 0 Å². The molecule has 0 saturated carbocycles. The van der Waals surface area contributed by atoms with Crippen LogP contribution < -0.4 is 10.1 Å². The first-order valence-corrected chi connectivity index (χ1v) is 10.7. The lowest BCUT2D eigenvalue weighted by Crippen LogP contribution is -2.29. The van der Waals surface area contributed by atoms with Crippen LogP contribution in [-0.4, -0.2) is 54.6 Å². The largest absolute Gasteiger partial charge is 0.490 e. The summed E-state index contributed by atoms with van der Waals surface area (Å²) >= 11 is 1.39. The van der Waals surface area contributed by atoms with Crippen molar-refractivity contribution in [2.24, 2.45) is 5.92 Å². The molecule has 0 unspecified atom stereocenters. The summed E-state index contributed by atoms with van der Waals surface area (Å²) in [6.45, 7) is 3.74. The number of fused-ring (bicyclic) bond motifs is 1. The monoisotopic (exact) mass is 415 g/mol. The average molecular weight is 416 g/mol. The van der Waals surface area contributed by atoms with Gasteiger partial charge in [0.1, 0.15) is 11.9 Å². The molecule has 0 spiro atoms. The Morgan fingerprint density at radius 3 is 3.10 bits per heavy atom. The van der Waals surface area contributed by atoms with Crippen molar-refractivity contribution in [3.05, 3.63) is 29.1 Å². The van der Waals surface area contributed by atoms with E-state index in [1.165, 1.54) is 16.9 Å². The van der Waals surface area contributed by atoms with Crippen LogP contribution in [0.5, 0.6) is 5.75 Å². The fourth-order valence-electron chi connectivity index (χ4n) is 3.82. The smallest absolute Gasteiger partial charge is 0.231 e. The van der Waals surface area contributed by atoms with Crippen molar-refractivity contribution >= 4 is 28.3 Å². The minimum absolute atomic E-state index is 0.0238. The predicted molar refractivity (Wildman–Crippen MR) is 111 cm³/mol. The average Bonchev–Trinajstić information content (AvgIpc) is 3.39. The summed E-state index contributed by atoms with van der Waals surface area (Å²) < 4.78 is 10.8. The Morgan fingerprint density at radius 1 is 1.41 bits per heavy atom. The van der Waals surface area contributed by atoms with Gasteiger partial charge in [-0.25, -0.2) is 4.98 Å². The van der Waals surface area contributed by atoms with Gasteiger partial charge in [-0.15, -0.1) is 11.3 Å². The van der Waals surface area contributed by atoms with Gasteiger partial charge in [-0.1, -0.05) is 0 Å². The number of anilines is 1. The number of carbonyl (C=O) groups excluding carboxylic acids is 2. The van der Waals surface area contributed by atoms with E-state index in [0.29, 0.717) is 24.8 Å². The highest BCUT2D eigenvalue weighted by Crippen LogP contribution is 2.34. The number of carbonyl (C=O) groups is 2. The number of rotatable bonds is 7. The van der Waals surface area contributed by atoms with Crippen LogP contribution in [0.2, 0.25) is 0 Å². The van der Waals surface area contributed by atoms with Gasteiger partial charge in [0.15, 0.2) is 5.13 Å². The second-order valence-electron chi connectivity index (χ2n) is 7.57. The third kappa shape index (κ3) is 4.43. The van der Waals surface area contributed by atoms with Gasteiger partial charge in [-0.05, 0) is 37.1 Å². The van der Waals surface area contributed by atoms with Crippen LogP contribution in [0.1, 0.15) is 25.3 Å². The first kappa shape index (κ1) is 19.8. The van der Waals surface area contributed by atoms with Crippen LogP contribution in [0, 0.1) is 5.92 Å². The van der Waals surface area contributed by atoms with Crippen LogP contribution in [0.15, 0.2) is 23.6 Å². The Kier molecular flexibility index (Phi) is 5.82. The molecule has 2 amide bonds. The molecule has 2 aliphatic rings. The zero-order chi connectivity index (χ0) is 20.4. The summed E-state index contributed by atoms with van der Waals surface area (Å²) in [6, 6.07) is 6.08. The maximum absolute atomic E-state index is 12.6. The predicted octanol–water partition coefficient (Wildman–Crippen LogP) is 2.96. The molecule has 0 radical (unpaired) electrons. The highest BCUT2D eigenvalue weighted by molar-refractivity contribution is 7.14. The lowest BCUT2D eigenvalue weighted by atomic mass is 10.1. The summed E-state index contributed by atoms with van der Waals surface area (Å²) in [7, 11) is 1.64. The molecule has 154 valence electrons. The molecular formula is C21H25N3O4S. The van der Waals surface area contributed by atoms with Crippen LogP contribution in [0.25, 0.3) is 11.3 Å². The Labute approximate surface area is 174 Å². The van der Waals surface area contributed by atoms with Crippen LogP contribution in [0.4, 0.5) is 5.13 Å². The molecule has 0 aliphatic carbocycles. The summed E-state index contributed by atoms with van der Waals surface area (Å²) in [5.74, 6) is 0.474. The van der Waals surface area contributed by atoms with E-state index in [9.17, 15) is 9.59 Å². The third-order valence-corrected chi connectivity index (χ3v) is 6.05. The second-order valence-corrected chi connectivity index (χ2v) is 8.43. The zero-order valence-corrected chi connectivity index (χ0v) is 17.5. The number of amides is 2. The summed E-state index contributed by atoms with van der Waals surface area (Å²) in [6.07, 6.45) is 2.12. The third-order valence-electron chi connectivity index (χ3n) is 5.29. The first-order valence-electron chi connectivity index (χ1n) is 9.86. The minimum Gasteiger partial charge on any atom is -0.490 e.